The van der Waals surface area contributed by atoms with Crippen LogP contribution in [0.4, 0.5) is 24.7 Å². The first-order valence-electron chi connectivity index (χ1n) is 9.56. The van der Waals surface area contributed by atoms with Crippen molar-refractivity contribution in [3.8, 4) is 16.9 Å². The van der Waals surface area contributed by atoms with Crippen molar-refractivity contribution in [2.45, 2.75) is 19.3 Å². The van der Waals surface area contributed by atoms with Gasteiger partial charge in [-0.2, -0.15) is 13.9 Å². The van der Waals surface area contributed by atoms with E-state index in [1.165, 1.54) is 42.5 Å². The van der Waals surface area contributed by atoms with Crippen LogP contribution < -0.4 is 15.2 Å². The Kier molecular flexibility index (Phi) is 5.85. The number of aryl methyl sites for hydroxylation is 1. The summed E-state index contributed by atoms with van der Waals surface area (Å²) in [5.74, 6) is -3.86. The fourth-order valence-corrected chi connectivity index (χ4v) is 3.81. The van der Waals surface area contributed by atoms with Crippen molar-refractivity contribution in [2.24, 2.45) is 0 Å². The molecule has 0 amide bonds. The molecule has 0 fully saturated rings. The number of halogens is 3. The summed E-state index contributed by atoms with van der Waals surface area (Å²) < 4.78 is 70.1. The summed E-state index contributed by atoms with van der Waals surface area (Å²) in [6, 6.07) is 11.6. The van der Waals surface area contributed by atoms with E-state index in [9.17, 15) is 21.6 Å². The zero-order chi connectivity index (χ0) is 23.8. The maximum absolute atomic E-state index is 13.2. The average Bonchev–Trinajstić information content (AvgIpc) is 3.13. The van der Waals surface area contributed by atoms with E-state index in [-0.39, 0.29) is 23.9 Å². The Bertz CT molecular complexity index is 1420. The Balaban J connectivity index is 1.78. The minimum Gasteiger partial charge on any atom is -0.487 e. The molecule has 4 N–H and O–H groups in total. The second-order valence-corrected chi connectivity index (χ2v) is 8.83. The van der Waals surface area contributed by atoms with Crippen LogP contribution in [-0.4, -0.2) is 29.4 Å². The van der Waals surface area contributed by atoms with E-state index in [0.717, 1.165) is 0 Å². The van der Waals surface area contributed by atoms with Crippen LogP contribution in [0.1, 0.15) is 11.3 Å². The van der Waals surface area contributed by atoms with E-state index in [0.29, 0.717) is 33.4 Å². The van der Waals surface area contributed by atoms with E-state index in [2.05, 4.69) is 15.2 Å². The summed E-state index contributed by atoms with van der Waals surface area (Å²) in [6.45, 7) is 1.71. The fourth-order valence-electron chi connectivity index (χ4n) is 3.24. The molecule has 0 aliphatic rings. The first-order chi connectivity index (χ1) is 15.6. The van der Waals surface area contributed by atoms with Crippen LogP contribution in [0.25, 0.3) is 22.2 Å². The Labute approximate surface area is 186 Å². The highest BCUT2D eigenvalue weighted by atomic mass is 32.2. The molecule has 0 atom stereocenters. The standard InChI is InChI=1S/C21H18F3N5O3S/c1-11-8-15(18-19(25)27-28-20(18)26-11)13-4-7-16(29-33(30,31)21(23)24)17(9-13)32-10-12-2-5-14(22)6-3-12/h2-9,21,29H,10H2,1H3,(H3,25,26,27,28). The van der Waals surface area contributed by atoms with Gasteiger partial charge < -0.3 is 10.5 Å². The molecule has 2 heterocycles. The lowest BCUT2D eigenvalue weighted by molar-refractivity contribution is 0.236. The predicted octanol–water partition coefficient (Wildman–Crippen LogP) is 4.20. The molecule has 0 bridgehead atoms. The van der Waals surface area contributed by atoms with E-state index >= 15 is 0 Å². The van der Waals surface area contributed by atoms with Gasteiger partial charge in [0.1, 0.15) is 18.2 Å². The molecule has 12 heteroatoms. The molecule has 0 radical (unpaired) electrons. The summed E-state index contributed by atoms with van der Waals surface area (Å²) in [4.78, 5) is 4.34. The third-order valence-corrected chi connectivity index (χ3v) is 5.75. The molecule has 4 rings (SSSR count). The van der Waals surface area contributed by atoms with Gasteiger partial charge in [0.05, 0.1) is 11.1 Å². The molecule has 0 unspecified atom stereocenters. The van der Waals surface area contributed by atoms with Gasteiger partial charge in [-0.15, -0.1) is 0 Å². The van der Waals surface area contributed by atoms with Crippen LogP contribution in [0.2, 0.25) is 0 Å². The number of fused-ring (bicyclic) bond motifs is 1. The van der Waals surface area contributed by atoms with E-state index in [1.54, 1.807) is 13.0 Å². The highest BCUT2D eigenvalue weighted by Gasteiger charge is 2.25. The Morgan fingerprint density at radius 2 is 1.88 bits per heavy atom. The smallest absolute Gasteiger partial charge is 0.355 e. The average molecular weight is 477 g/mol. The number of nitrogens with two attached hydrogens (primary N) is 1. The molecule has 0 saturated heterocycles. The van der Waals surface area contributed by atoms with Crippen molar-refractivity contribution >= 4 is 32.6 Å². The molecule has 2 aromatic carbocycles. The number of hydrogen-bond acceptors (Lipinski definition) is 6. The number of ether oxygens (including phenoxy) is 1. The number of hydrogen-bond donors (Lipinski definition) is 3. The first kappa shape index (κ1) is 22.4. The van der Waals surface area contributed by atoms with Crippen molar-refractivity contribution in [1.82, 2.24) is 15.2 Å². The lowest BCUT2D eigenvalue weighted by atomic mass is 10.0. The number of aromatic nitrogens is 3. The molecular formula is C21H18F3N5O3S. The van der Waals surface area contributed by atoms with Crippen LogP contribution in [0.5, 0.6) is 5.75 Å². The Morgan fingerprint density at radius 1 is 1.15 bits per heavy atom. The molecule has 8 nitrogen and oxygen atoms in total. The molecule has 33 heavy (non-hydrogen) atoms. The number of alkyl halides is 2. The number of anilines is 2. The highest BCUT2D eigenvalue weighted by molar-refractivity contribution is 7.93. The third kappa shape index (κ3) is 4.70. The lowest BCUT2D eigenvalue weighted by Crippen LogP contribution is -2.21. The number of H-pyrrole nitrogens is 1. The van der Waals surface area contributed by atoms with Crippen LogP contribution in [0.15, 0.2) is 48.5 Å². The number of benzene rings is 2. The van der Waals surface area contributed by atoms with Gasteiger partial charge in [0.15, 0.2) is 11.5 Å². The van der Waals surface area contributed by atoms with Gasteiger partial charge in [0.2, 0.25) is 0 Å². The van der Waals surface area contributed by atoms with Crippen molar-refractivity contribution in [2.75, 3.05) is 10.5 Å². The quantitative estimate of drug-likeness (QED) is 0.367. The van der Waals surface area contributed by atoms with Gasteiger partial charge in [-0.05, 0) is 53.9 Å². The van der Waals surface area contributed by atoms with Crippen LogP contribution in [-0.2, 0) is 16.6 Å². The summed E-state index contributed by atoms with van der Waals surface area (Å²) in [7, 11) is -4.94. The largest absolute Gasteiger partial charge is 0.487 e. The van der Waals surface area contributed by atoms with Gasteiger partial charge >= 0.3 is 5.76 Å². The zero-order valence-electron chi connectivity index (χ0n) is 17.1. The number of nitrogen functional groups attached to an aromatic ring is 1. The van der Waals surface area contributed by atoms with Gasteiger partial charge in [-0.3, -0.25) is 9.82 Å². The van der Waals surface area contributed by atoms with E-state index in [1.807, 2.05) is 4.72 Å². The molecule has 0 aliphatic heterocycles. The summed E-state index contributed by atoms with van der Waals surface area (Å²) in [5.41, 5.74) is 8.71. The minimum atomic E-state index is -4.94. The molecule has 0 saturated carbocycles. The highest BCUT2D eigenvalue weighted by Crippen LogP contribution is 2.37. The van der Waals surface area contributed by atoms with Gasteiger partial charge in [-0.1, -0.05) is 18.2 Å². The lowest BCUT2D eigenvalue weighted by Gasteiger charge is -2.16. The molecular weight excluding hydrogens is 459 g/mol. The summed E-state index contributed by atoms with van der Waals surface area (Å²) in [5, 5.41) is 7.25. The minimum absolute atomic E-state index is 0.00858. The predicted molar refractivity (Wildman–Crippen MR) is 118 cm³/mol. The number of aromatic amines is 1. The van der Waals surface area contributed by atoms with Crippen molar-refractivity contribution in [3.63, 3.8) is 0 Å². The van der Waals surface area contributed by atoms with Crippen molar-refractivity contribution in [3.05, 3.63) is 65.6 Å². The van der Waals surface area contributed by atoms with Gasteiger partial charge in [-0.25, -0.2) is 17.8 Å². The number of nitrogens with zero attached hydrogens (tertiary/aromatic N) is 2. The Hall–Kier alpha value is -3.80. The number of rotatable bonds is 7. The van der Waals surface area contributed by atoms with Crippen molar-refractivity contribution in [1.29, 1.82) is 0 Å². The van der Waals surface area contributed by atoms with Gasteiger partial charge in [0, 0.05) is 5.69 Å². The summed E-state index contributed by atoms with van der Waals surface area (Å²) in [6.07, 6.45) is 0. The van der Waals surface area contributed by atoms with Crippen LogP contribution >= 0.6 is 0 Å². The molecule has 0 spiro atoms. The van der Waals surface area contributed by atoms with Gasteiger partial charge in [0.25, 0.3) is 10.0 Å². The molecule has 4 aromatic rings. The molecule has 0 aliphatic carbocycles. The number of nitrogens with one attached hydrogen (secondary N) is 2. The monoisotopic (exact) mass is 477 g/mol. The summed E-state index contributed by atoms with van der Waals surface area (Å²) >= 11 is 0. The van der Waals surface area contributed by atoms with Crippen LogP contribution in [0.3, 0.4) is 0 Å². The first-order valence-corrected chi connectivity index (χ1v) is 11.1. The third-order valence-electron chi connectivity index (χ3n) is 4.77. The van der Waals surface area contributed by atoms with E-state index < -0.39 is 21.6 Å². The maximum atomic E-state index is 13.2. The number of sulfonamides is 1. The molecule has 172 valence electrons. The topological polar surface area (TPSA) is 123 Å². The number of pyridine rings is 1. The second kappa shape index (κ2) is 8.62. The Morgan fingerprint density at radius 3 is 2.58 bits per heavy atom. The zero-order valence-corrected chi connectivity index (χ0v) is 18.0. The fraction of sp³-hybridized carbons (Fsp3) is 0.143. The molecule has 2 aromatic heterocycles. The van der Waals surface area contributed by atoms with E-state index in [4.69, 9.17) is 10.5 Å². The second-order valence-electron chi connectivity index (χ2n) is 7.18. The normalized spacial score (nSPS) is 11.8. The maximum Gasteiger partial charge on any atom is 0.355 e. The SMILES string of the molecule is Cc1cc(-c2ccc(NS(=O)(=O)C(F)F)c(OCc3ccc(F)cc3)c2)c2c(N)n[nH]c2n1. The van der Waals surface area contributed by atoms with Crippen LogP contribution in [0, 0.1) is 12.7 Å². The van der Waals surface area contributed by atoms with Crippen molar-refractivity contribution < 1.29 is 26.3 Å².